The molecule has 0 fully saturated rings. The van der Waals surface area contributed by atoms with Crippen molar-refractivity contribution < 1.29 is 59.1 Å². The largest absolute Gasteiger partial charge is 0.497 e. The van der Waals surface area contributed by atoms with Crippen molar-refractivity contribution in [2.45, 2.75) is 62.1 Å². The second-order valence-corrected chi connectivity index (χ2v) is 9.84. The van der Waals surface area contributed by atoms with E-state index in [1.54, 1.807) is 25.1 Å². The highest BCUT2D eigenvalue weighted by atomic mass is 16.5. The summed E-state index contributed by atoms with van der Waals surface area (Å²) in [6, 6.07) is 6.25. The molecule has 0 bridgehead atoms. The molecule has 1 unspecified atom stereocenters. The molecule has 0 saturated heterocycles. The maximum Gasteiger partial charge on any atom is 0.164 e. The molecule has 2 aromatic rings. The van der Waals surface area contributed by atoms with Gasteiger partial charge in [0.1, 0.15) is 35.4 Å². The molecule has 0 amide bonds. The first-order valence-corrected chi connectivity index (χ1v) is 13.1. The van der Waals surface area contributed by atoms with E-state index in [9.17, 15) is 30.6 Å². The summed E-state index contributed by atoms with van der Waals surface area (Å²) in [5, 5.41) is 67.2. The van der Waals surface area contributed by atoms with Crippen molar-refractivity contribution in [2.75, 3.05) is 49.3 Å². The number of hydrogen-bond donors (Lipinski definition) is 6. The number of rotatable bonds is 17. The van der Waals surface area contributed by atoms with Crippen molar-refractivity contribution in [3.05, 3.63) is 35.4 Å². The van der Waals surface area contributed by atoms with Crippen LogP contribution in [0.1, 0.15) is 30.9 Å². The van der Waals surface area contributed by atoms with Crippen molar-refractivity contribution in [2.24, 2.45) is 0 Å². The lowest BCUT2D eigenvalue weighted by Crippen LogP contribution is -2.66. The highest BCUT2D eigenvalue weighted by molar-refractivity contribution is 5.54. The summed E-state index contributed by atoms with van der Waals surface area (Å²) in [6.07, 6.45) is -6.58. The molecule has 12 nitrogen and oxygen atoms in total. The van der Waals surface area contributed by atoms with Crippen LogP contribution in [0, 0.1) is 0 Å². The van der Waals surface area contributed by atoms with Gasteiger partial charge in [-0.2, -0.15) is 0 Å². The van der Waals surface area contributed by atoms with Gasteiger partial charge in [-0.15, -0.1) is 0 Å². The third kappa shape index (κ3) is 7.26. The molecule has 0 heterocycles. The third-order valence-electron chi connectivity index (χ3n) is 7.23. The molecule has 0 saturated carbocycles. The number of aliphatic hydroxyl groups is 6. The lowest BCUT2D eigenvalue weighted by molar-refractivity contribution is -0.230. The Morgan fingerprint density at radius 1 is 0.683 bits per heavy atom. The van der Waals surface area contributed by atoms with E-state index in [0.717, 1.165) is 0 Å². The summed E-state index contributed by atoms with van der Waals surface area (Å²) < 4.78 is 32.5. The number of hydrogen-bond acceptors (Lipinski definition) is 12. The summed E-state index contributed by atoms with van der Waals surface area (Å²) >= 11 is 0. The van der Waals surface area contributed by atoms with Crippen LogP contribution < -0.4 is 28.4 Å². The molecule has 6 N–H and O–H groups in total. The lowest BCUT2D eigenvalue weighted by Gasteiger charge is -2.46. The average molecular weight is 585 g/mol. The maximum absolute atomic E-state index is 12.1. The molecule has 2 rings (SSSR count). The Labute approximate surface area is 240 Å². The van der Waals surface area contributed by atoms with Gasteiger partial charge in [0.15, 0.2) is 23.0 Å². The molecule has 12 heteroatoms. The van der Waals surface area contributed by atoms with Crippen LogP contribution in [0.4, 0.5) is 0 Å². The van der Waals surface area contributed by atoms with Gasteiger partial charge in [0.2, 0.25) is 0 Å². The Kier molecular flexibility index (Phi) is 12.3. The Hall–Kier alpha value is -3.00. The SMILES string of the molecule is CCCC(O)(Cc1cc(OC)cc(OC)c1OC)[C@@H](O)[C@@](O)(Cc1cc(OC)cc(OC)c1OC)[C@H](O)[C@@H](O)CO. The lowest BCUT2D eigenvalue weighted by atomic mass is 9.71. The Balaban J connectivity index is 2.76. The van der Waals surface area contributed by atoms with E-state index in [4.69, 9.17) is 28.4 Å². The average Bonchev–Trinajstić information content (AvgIpc) is 2.98. The van der Waals surface area contributed by atoms with Crippen molar-refractivity contribution >= 4 is 0 Å². The number of aliphatic hydroxyl groups excluding tert-OH is 4. The minimum absolute atomic E-state index is 0.0420. The van der Waals surface area contributed by atoms with Gasteiger partial charge in [0, 0.05) is 36.1 Å². The first kappa shape index (κ1) is 34.2. The zero-order valence-electron chi connectivity index (χ0n) is 24.7. The Morgan fingerprint density at radius 3 is 1.51 bits per heavy atom. The van der Waals surface area contributed by atoms with Gasteiger partial charge < -0.3 is 59.1 Å². The predicted molar refractivity (Wildman–Crippen MR) is 150 cm³/mol. The Bertz CT molecular complexity index is 1130. The van der Waals surface area contributed by atoms with Crippen LogP contribution in [0.25, 0.3) is 0 Å². The zero-order chi connectivity index (χ0) is 31.0. The van der Waals surface area contributed by atoms with Gasteiger partial charge in [-0.1, -0.05) is 13.3 Å². The molecule has 232 valence electrons. The molecule has 5 atom stereocenters. The molecule has 41 heavy (non-hydrogen) atoms. The maximum atomic E-state index is 12.1. The van der Waals surface area contributed by atoms with Crippen molar-refractivity contribution in [3.63, 3.8) is 0 Å². The normalized spacial score (nSPS) is 16.5. The second-order valence-electron chi connectivity index (χ2n) is 9.84. The van der Waals surface area contributed by atoms with Gasteiger partial charge >= 0.3 is 0 Å². The highest BCUT2D eigenvalue weighted by Gasteiger charge is 2.54. The van der Waals surface area contributed by atoms with Gasteiger partial charge in [-0.3, -0.25) is 0 Å². The standard InChI is InChI=1S/C29H44O12/c1-8-9-28(34,14-17-10-19(36-2)12-22(38-4)24(17)40-6)27(33)29(35,26(32)21(31)16-30)15-18-11-20(37-3)13-23(39-5)25(18)41-7/h10-13,21,26-27,30-35H,8-9,14-16H2,1-7H3/t21-,26+,27+,28?,29+/m0/s1. The van der Waals surface area contributed by atoms with E-state index >= 15 is 0 Å². The van der Waals surface area contributed by atoms with Gasteiger partial charge in [-0.25, -0.2) is 0 Å². The summed E-state index contributed by atoms with van der Waals surface area (Å²) in [5.41, 5.74) is -4.11. The Morgan fingerprint density at radius 2 is 1.15 bits per heavy atom. The van der Waals surface area contributed by atoms with E-state index in [1.807, 2.05) is 0 Å². The molecule has 0 radical (unpaired) electrons. The number of methoxy groups -OCH3 is 6. The fraction of sp³-hybridized carbons (Fsp3) is 0.586. The van der Waals surface area contributed by atoms with E-state index in [1.165, 1.54) is 48.7 Å². The van der Waals surface area contributed by atoms with Crippen LogP contribution in [-0.4, -0.2) is 109 Å². The number of benzene rings is 2. The topological polar surface area (TPSA) is 177 Å². The molecule has 0 aliphatic heterocycles. The number of ether oxygens (including phenoxy) is 6. The van der Waals surface area contributed by atoms with E-state index in [2.05, 4.69) is 0 Å². The monoisotopic (exact) mass is 584 g/mol. The third-order valence-corrected chi connectivity index (χ3v) is 7.23. The summed E-state index contributed by atoms with van der Waals surface area (Å²) in [7, 11) is 8.52. The fourth-order valence-corrected chi connectivity index (χ4v) is 5.18. The van der Waals surface area contributed by atoms with Crippen molar-refractivity contribution in [3.8, 4) is 34.5 Å². The van der Waals surface area contributed by atoms with Crippen LogP contribution >= 0.6 is 0 Å². The van der Waals surface area contributed by atoms with Crippen LogP contribution in [0.5, 0.6) is 34.5 Å². The molecule has 0 spiro atoms. The van der Waals surface area contributed by atoms with E-state index < -0.39 is 42.5 Å². The zero-order valence-corrected chi connectivity index (χ0v) is 24.7. The first-order valence-electron chi connectivity index (χ1n) is 13.1. The predicted octanol–water partition coefficient (Wildman–Crippen LogP) is 0.861. The molecular formula is C29H44O12. The summed E-state index contributed by atoms with van der Waals surface area (Å²) in [4.78, 5) is 0. The molecule has 0 aromatic heterocycles. The highest BCUT2D eigenvalue weighted by Crippen LogP contribution is 2.43. The van der Waals surface area contributed by atoms with Crippen molar-refractivity contribution in [1.29, 1.82) is 0 Å². The minimum Gasteiger partial charge on any atom is -0.497 e. The van der Waals surface area contributed by atoms with Crippen LogP contribution in [0.2, 0.25) is 0 Å². The van der Waals surface area contributed by atoms with Crippen LogP contribution in [-0.2, 0) is 12.8 Å². The first-order chi connectivity index (χ1) is 19.4. The van der Waals surface area contributed by atoms with Gasteiger partial charge in [0.05, 0.1) is 54.9 Å². The quantitative estimate of drug-likeness (QED) is 0.155. The van der Waals surface area contributed by atoms with E-state index in [-0.39, 0.29) is 35.7 Å². The summed E-state index contributed by atoms with van der Waals surface area (Å²) in [5.74, 6) is 1.72. The second kappa shape index (κ2) is 14.8. The van der Waals surface area contributed by atoms with Gasteiger partial charge in [0.25, 0.3) is 0 Å². The molecule has 0 aliphatic carbocycles. The van der Waals surface area contributed by atoms with Gasteiger partial charge in [-0.05, 0) is 18.6 Å². The van der Waals surface area contributed by atoms with Crippen molar-refractivity contribution in [1.82, 2.24) is 0 Å². The molecule has 0 aliphatic rings. The summed E-state index contributed by atoms with van der Waals surface area (Å²) in [6.45, 7) is 0.844. The van der Waals surface area contributed by atoms with Crippen LogP contribution in [0.3, 0.4) is 0 Å². The van der Waals surface area contributed by atoms with Crippen LogP contribution in [0.15, 0.2) is 24.3 Å². The molecule has 2 aromatic carbocycles. The smallest absolute Gasteiger partial charge is 0.164 e. The van der Waals surface area contributed by atoms with E-state index in [0.29, 0.717) is 29.2 Å². The minimum atomic E-state index is -2.63. The fourth-order valence-electron chi connectivity index (χ4n) is 5.18. The molecular weight excluding hydrogens is 540 g/mol.